The highest BCUT2D eigenvalue weighted by Gasteiger charge is 2.28. The molecule has 0 amide bonds. The maximum atomic E-state index is 10.8. The first-order valence-corrected chi connectivity index (χ1v) is 3.55. The van der Waals surface area contributed by atoms with Gasteiger partial charge in [0.2, 0.25) is 0 Å². The van der Waals surface area contributed by atoms with Crippen LogP contribution in [0, 0.1) is 0 Å². The molecule has 0 fully saturated rings. The number of benzene rings is 1. The highest BCUT2D eigenvalue weighted by Crippen LogP contribution is 2.18. The molecule has 1 aliphatic heterocycles. The second kappa shape index (κ2) is 4.11. The summed E-state index contributed by atoms with van der Waals surface area (Å²) in [5.41, 5.74) is 0.718. The average Bonchev–Trinajstić information content (AvgIpc) is 2.45. The van der Waals surface area contributed by atoms with E-state index in [1.165, 1.54) is 0 Å². The van der Waals surface area contributed by atoms with Gasteiger partial charge < -0.3 is 4.74 Å². The van der Waals surface area contributed by atoms with Crippen molar-refractivity contribution in [2.45, 2.75) is 0 Å². The Morgan fingerprint density at radius 1 is 0.929 bits per heavy atom. The lowest BCUT2D eigenvalue weighted by Crippen LogP contribution is -1.96. The van der Waals surface area contributed by atoms with Crippen molar-refractivity contribution in [3.8, 4) is 0 Å². The van der Waals surface area contributed by atoms with Crippen molar-refractivity contribution < 1.29 is 23.9 Å². The van der Waals surface area contributed by atoms with Crippen LogP contribution in [0.4, 0.5) is 0 Å². The number of carbonyl (C=O) groups excluding carboxylic acids is 4. The lowest BCUT2D eigenvalue weighted by Gasteiger charge is -1.86. The second-order valence-corrected chi connectivity index (χ2v) is 2.31. The van der Waals surface area contributed by atoms with Gasteiger partial charge in [0, 0.05) is 0 Å². The number of fused-ring (bicyclic) bond motifs is 1. The number of rotatable bonds is 0. The largest absolute Gasteiger partial charge is 0.386 e. The van der Waals surface area contributed by atoms with Crippen LogP contribution in [-0.4, -0.2) is 18.1 Å². The van der Waals surface area contributed by atoms with E-state index in [4.69, 9.17) is 9.59 Å². The lowest BCUT2D eigenvalue weighted by molar-refractivity contribution is -0.191. The van der Waals surface area contributed by atoms with Gasteiger partial charge in [-0.1, -0.05) is 12.1 Å². The van der Waals surface area contributed by atoms with Crippen LogP contribution >= 0.6 is 0 Å². The van der Waals surface area contributed by atoms with Crippen LogP contribution in [0.2, 0.25) is 0 Å². The van der Waals surface area contributed by atoms with Gasteiger partial charge in [-0.15, -0.1) is 0 Å². The zero-order chi connectivity index (χ0) is 10.6. The van der Waals surface area contributed by atoms with Crippen molar-refractivity contribution in [1.29, 1.82) is 0 Å². The molecule has 1 heterocycles. The summed E-state index contributed by atoms with van der Waals surface area (Å²) < 4.78 is 4.35. The van der Waals surface area contributed by atoms with Gasteiger partial charge in [-0.3, -0.25) is 0 Å². The molecule has 0 radical (unpaired) electrons. The molecule has 1 aliphatic rings. The van der Waals surface area contributed by atoms with E-state index in [1.54, 1.807) is 24.3 Å². The number of ether oxygens (including phenoxy) is 1. The fourth-order valence-corrected chi connectivity index (χ4v) is 1.03. The number of esters is 2. The summed E-state index contributed by atoms with van der Waals surface area (Å²) in [7, 11) is 0. The third kappa shape index (κ3) is 1.73. The van der Waals surface area contributed by atoms with Crippen molar-refractivity contribution in [2.24, 2.45) is 0 Å². The average molecular weight is 192 g/mol. The predicted octanol–water partition coefficient (Wildman–Crippen LogP) is 0.414. The van der Waals surface area contributed by atoms with Crippen molar-refractivity contribution in [3.63, 3.8) is 0 Å². The van der Waals surface area contributed by atoms with Crippen LogP contribution in [-0.2, 0) is 14.3 Å². The first-order valence-electron chi connectivity index (χ1n) is 3.55. The van der Waals surface area contributed by atoms with Gasteiger partial charge in [0.05, 0.1) is 11.1 Å². The summed E-state index contributed by atoms with van der Waals surface area (Å²) in [5.74, 6) is -1.10. The minimum atomic E-state index is -0.550. The fourth-order valence-electron chi connectivity index (χ4n) is 1.03. The van der Waals surface area contributed by atoms with E-state index in [1.807, 2.05) is 0 Å². The van der Waals surface area contributed by atoms with Crippen LogP contribution in [0.3, 0.4) is 0 Å². The smallest absolute Gasteiger partial charge is 0.373 e. The molecule has 1 aromatic carbocycles. The molecule has 1 aromatic rings. The summed E-state index contributed by atoms with van der Waals surface area (Å²) in [4.78, 5) is 37.9. The first kappa shape index (κ1) is 9.83. The molecule has 5 heteroatoms. The predicted molar refractivity (Wildman–Crippen MR) is 41.2 cm³/mol. The van der Waals surface area contributed by atoms with Gasteiger partial charge in [-0.2, -0.15) is 9.59 Å². The molecule has 14 heavy (non-hydrogen) atoms. The Labute approximate surface area is 78.3 Å². The van der Waals surface area contributed by atoms with E-state index >= 15 is 0 Å². The van der Waals surface area contributed by atoms with Crippen molar-refractivity contribution in [1.82, 2.24) is 0 Å². The molecule has 0 aliphatic carbocycles. The van der Waals surface area contributed by atoms with Crippen LogP contribution < -0.4 is 0 Å². The SMILES string of the molecule is O=C1OC(=O)c2ccccc21.O=C=O. The number of hydrogen-bond acceptors (Lipinski definition) is 5. The number of hydrogen-bond donors (Lipinski definition) is 0. The third-order valence-corrected chi connectivity index (χ3v) is 1.55. The molecular weight excluding hydrogens is 188 g/mol. The molecule has 0 saturated carbocycles. The molecule has 0 N–H and O–H groups in total. The highest BCUT2D eigenvalue weighted by molar-refractivity contribution is 6.14. The molecule has 0 atom stereocenters. The molecule has 5 nitrogen and oxygen atoms in total. The van der Waals surface area contributed by atoms with E-state index in [0.29, 0.717) is 11.1 Å². The summed E-state index contributed by atoms with van der Waals surface area (Å²) in [6.07, 6.45) is 0.250. The summed E-state index contributed by atoms with van der Waals surface area (Å²) in [6.45, 7) is 0. The molecule has 0 unspecified atom stereocenters. The van der Waals surface area contributed by atoms with Gasteiger partial charge in [-0.25, -0.2) is 9.59 Å². The maximum Gasteiger partial charge on any atom is 0.373 e. The standard InChI is InChI=1S/C8H4O3.CO2/c9-7-5-3-1-2-4-6(5)8(10)11-7;2-1-3/h1-4H;. The van der Waals surface area contributed by atoms with Gasteiger partial charge in [0.25, 0.3) is 0 Å². The van der Waals surface area contributed by atoms with Crippen LogP contribution in [0.25, 0.3) is 0 Å². The second-order valence-electron chi connectivity index (χ2n) is 2.31. The summed E-state index contributed by atoms with van der Waals surface area (Å²) in [5, 5.41) is 0. The Balaban J connectivity index is 0.000000293. The van der Waals surface area contributed by atoms with Crippen molar-refractivity contribution in [3.05, 3.63) is 35.4 Å². The first-order chi connectivity index (χ1) is 6.70. The molecule has 0 saturated heterocycles. The van der Waals surface area contributed by atoms with Gasteiger partial charge >= 0.3 is 18.1 Å². The van der Waals surface area contributed by atoms with Gasteiger partial charge in [0.15, 0.2) is 0 Å². The third-order valence-electron chi connectivity index (χ3n) is 1.55. The van der Waals surface area contributed by atoms with Crippen molar-refractivity contribution in [2.75, 3.05) is 0 Å². The quantitative estimate of drug-likeness (QED) is 0.439. The zero-order valence-electron chi connectivity index (χ0n) is 6.85. The Hall–Kier alpha value is -2.26. The Bertz CT molecular complexity index is 382. The van der Waals surface area contributed by atoms with E-state index in [2.05, 4.69) is 4.74 Å². The zero-order valence-corrected chi connectivity index (χ0v) is 6.85. The van der Waals surface area contributed by atoms with E-state index in [9.17, 15) is 9.59 Å². The monoisotopic (exact) mass is 192 g/mol. The summed E-state index contributed by atoms with van der Waals surface area (Å²) in [6, 6.07) is 6.53. The number of carbonyl (C=O) groups is 2. The van der Waals surface area contributed by atoms with Crippen LogP contribution in [0.15, 0.2) is 24.3 Å². The molecule has 70 valence electrons. The van der Waals surface area contributed by atoms with Crippen LogP contribution in [0.1, 0.15) is 20.7 Å². The van der Waals surface area contributed by atoms with E-state index in [-0.39, 0.29) is 6.15 Å². The minimum absolute atomic E-state index is 0.250. The number of cyclic esters (lactones) is 2. The summed E-state index contributed by atoms with van der Waals surface area (Å²) >= 11 is 0. The molecule has 0 bridgehead atoms. The highest BCUT2D eigenvalue weighted by atomic mass is 16.6. The van der Waals surface area contributed by atoms with Crippen molar-refractivity contribution >= 4 is 18.1 Å². The Kier molecular flexibility index (Phi) is 2.89. The van der Waals surface area contributed by atoms with E-state index in [0.717, 1.165) is 0 Å². The molecule has 2 rings (SSSR count). The van der Waals surface area contributed by atoms with Gasteiger partial charge in [-0.05, 0) is 12.1 Å². The molecule has 0 spiro atoms. The maximum absolute atomic E-state index is 10.8. The normalized spacial score (nSPS) is 12.0. The minimum Gasteiger partial charge on any atom is -0.386 e. The van der Waals surface area contributed by atoms with E-state index < -0.39 is 11.9 Å². The topological polar surface area (TPSA) is 77.5 Å². The molecule has 0 aromatic heterocycles. The van der Waals surface area contributed by atoms with Gasteiger partial charge in [0.1, 0.15) is 0 Å². The fraction of sp³-hybridized carbons (Fsp3) is 0. The Morgan fingerprint density at radius 3 is 1.64 bits per heavy atom. The Morgan fingerprint density at radius 2 is 1.29 bits per heavy atom. The lowest BCUT2D eigenvalue weighted by atomic mass is 10.1. The molecular formula is C9H4O5. The van der Waals surface area contributed by atoms with Crippen LogP contribution in [0.5, 0.6) is 0 Å².